The molecular formula is C22H19N3O3. The Bertz CT molecular complexity index is 965. The Morgan fingerprint density at radius 3 is 2.18 bits per heavy atom. The molecule has 0 fully saturated rings. The molecule has 1 unspecified atom stereocenters. The summed E-state index contributed by atoms with van der Waals surface area (Å²) in [6.45, 7) is 1.70. The number of amides is 1. The lowest BCUT2D eigenvalue weighted by molar-refractivity contribution is -0.124. The fourth-order valence-electron chi connectivity index (χ4n) is 2.51. The molecule has 0 spiro atoms. The van der Waals surface area contributed by atoms with Crippen LogP contribution in [-0.4, -0.2) is 24.0 Å². The van der Waals surface area contributed by atoms with Gasteiger partial charge in [-0.1, -0.05) is 6.07 Å². The number of nitriles is 1. The van der Waals surface area contributed by atoms with Crippen molar-refractivity contribution in [1.82, 2.24) is 4.98 Å². The summed E-state index contributed by atoms with van der Waals surface area (Å²) in [7, 11) is 1.67. The third-order valence-electron chi connectivity index (χ3n) is 4.03. The van der Waals surface area contributed by atoms with Crippen LogP contribution in [0.2, 0.25) is 0 Å². The van der Waals surface area contributed by atoms with Gasteiger partial charge in [0.1, 0.15) is 23.1 Å². The zero-order valence-corrected chi connectivity index (χ0v) is 15.6. The van der Waals surface area contributed by atoms with Crippen LogP contribution in [0.25, 0.3) is 0 Å². The Morgan fingerprint density at radius 2 is 1.61 bits per heavy atom. The minimum absolute atomic E-state index is 0.198. The summed E-state index contributed by atoms with van der Waals surface area (Å²) in [6.07, 6.45) is 0.967. The molecule has 1 aromatic heterocycles. The van der Waals surface area contributed by atoms with Crippen LogP contribution in [-0.2, 0) is 4.79 Å². The highest BCUT2D eigenvalue weighted by Crippen LogP contribution is 2.25. The van der Waals surface area contributed by atoms with E-state index in [4.69, 9.17) is 14.7 Å². The number of hydrogen-bond donors (Lipinski definition) is 0. The Hall–Kier alpha value is -3.85. The number of nitrogens with zero attached hydrogens (tertiary/aromatic N) is 3. The third kappa shape index (κ3) is 4.65. The van der Waals surface area contributed by atoms with E-state index in [1.807, 2.05) is 6.07 Å². The van der Waals surface area contributed by atoms with E-state index in [0.29, 0.717) is 28.6 Å². The lowest BCUT2D eigenvalue weighted by atomic mass is 10.2. The van der Waals surface area contributed by atoms with Crippen LogP contribution in [0.3, 0.4) is 0 Å². The zero-order valence-electron chi connectivity index (χ0n) is 15.6. The second kappa shape index (κ2) is 8.69. The van der Waals surface area contributed by atoms with Gasteiger partial charge in [-0.05, 0) is 67.6 Å². The van der Waals surface area contributed by atoms with Crippen LogP contribution < -0.4 is 14.4 Å². The van der Waals surface area contributed by atoms with Gasteiger partial charge in [0, 0.05) is 13.2 Å². The number of pyridine rings is 1. The molecule has 0 saturated heterocycles. The summed E-state index contributed by atoms with van der Waals surface area (Å²) >= 11 is 0. The Labute approximate surface area is 163 Å². The number of ether oxygens (including phenoxy) is 2. The summed E-state index contributed by atoms with van der Waals surface area (Å²) < 4.78 is 11.5. The number of anilines is 1. The van der Waals surface area contributed by atoms with E-state index in [2.05, 4.69) is 11.1 Å². The molecule has 28 heavy (non-hydrogen) atoms. The molecule has 6 heteroatoms. The van der Waals surface area contributed by atoms with Gasteiger partial charge < -0.3 is 9.47 Å². The van der Waals surface area contributed by atoms with Crippen LogP contribution in [0.1, 0.15) is 12.5 Å². The van der Waals surface area contributed by atoms with Crippen molar-refractivity contribution in [3.05, 3.63) is 78.5 Å². The highest BCUT2D eigenvalue weighted by atomic mass is 16.5. The van der Waals surface area contributed by atoms with E-state index in [0.717, 1.165) is 0 Å². The lowest BCUT2D eigenvalue weighted by Gasteiger charge is -2.21. The average Bonchev–Trinajstić information content (AvgIpc) is 2.75. The van der Waals surface area contributed by atoms with Gasteiger partial charge in [0.05, 0.1) is 11.6 Å². The monoisotopic (exact) mass is 373 g/mol. The molecular weight excluding hydrogens is 354 g/mol. The van der Waals surface area contributed by atoms with E-state index in [9.17, 15) is 4.79 Å². The van der Waals surface area contributed by atoms with Crippen molar-refractivity contribution in [2.24, 2.45) is 0 Å². The highest BCUT2D eigenvalue weighted by molar-refractivity contribution is 5.95. The molecule has 0 bridgehead atoms. The van der Waals surface area contributed by atoms with Crippen molar-refractivity contribution in [1.29, 1.82) is 5.26 Å². The maximum absolute atomic E-state index is 12.5. The van der Waals surface area contributed by atoms with E-state index in [1.54, 1.807) is 80.8 Å². The molecule has 1 amide bonds. The minimum Gasteiger partial charge on any atom is -0.481 e. The fourth-order valence-corrected chi connectivity index (χ4v) is 2.51. The molecule has 140 valence electrons. The predicted octanol–water partition coefficient (Wildman–Crippen LogP) is 4.18. The van der Waals surface area contributed by atoms with E-state index >= 15 is 0 Å². The van der Waals surface area contributed by atoms with Gasteiger partial charge in [-0.15, -0.1) is 0 Å². The first-order valence-electron chi connectivity index (χ1n) is 8.70. The molecule has 0 aliphatic carbocycles. The van der Waals surface area contributed by atoms with E-state index in [1.165, 1.54) is 4.90 Å². The highest BCUT2D eigenvalue weighted by Gasteiger charge is 2.21. The molecule has 0 N–H and O–H groups in total. The molecule has 0 aliphatic rings. The van der Waals surface area contributed by atoms with Crippen molar-refractivity contribution >= 4 is 11.7 Å². The summed E-state index contributed by atoms with van der Waals surface area (Å²) in [4.78, 5) is 18.2. The molecule has 3 aromatic rings. The van der Waals surface area contributed by atoms with Crippen LogP contribution in [0.5, 0.6) is 17.2 Å². The molecule has 1 heterocycles. The molecule has 0 aliphatic heterocycles. The second-order valence-corrected chi connectivity index (χ2v) is 6.05. The Kier molecular flexibility index (Phi) is 5.87. The maximum atomic E-state index is 12.5. The number of likely N-dealkylation sites (N-methyl/N-ethyl adjacent to an activating group) is 1. The van der Waals surface area contributed by atoms with Crippen molar-refractivity contribution in [2.75, 3.05) is 11.9 Å². The van der Waals surface area contributed by atoms with Crippen molar-refractivity contribution < 1.29 is 14.3 Å². The van der Waals surface area contributed by atoms with Gasteiger partial charge in [-0.3, -0.25) is 9.69 Å². The summed E-state index contributed by atoms with van der Waals surface area (Å²) in [6, 6.07) is 21.3. The molecule has 0 radical (unpaired) electrons. The van der Waals surface area contributed by atoms with Crippen molar-refractivity contribution in [3.63, 3.8) is 0 Å². The van der Waals surface area contributed by atoms with E-state index in [-0.39, 0.29) is 5.91 Å². The van der Waals surface area contributed by atoms with Gasteiger partial charge in [0.25, 0.3) is 5.91 Å². The number of rotatable bonds is 6. The molecule has 3 rings (SSSR count). The normalized spacial score (nSPS) is 11.2. The standard InChI is InChI=1S/C22H19N3O3/c1-16(22(26)25(2)21-5-3-4-14-24-21)27-18-10-12-20(13-11-18)28-19-8-6-17(15-23)7-9-19/h3-14,16H,1-2H3. The first kappa shape index (κ1) is 18.9. The Balaban J connectivity index is 1.60. The number of carbonyl (C=O) groups excluding carboxylic acids is 1. The first-order valence-corrected chi connectivity index (χ1v) is 8.70. The van der Waals surface area contributed by atoms with Crippen LogP contribution in [0.4, 0.5) is 5.82 Å². The maximum Gasteiger partial charge on any atom is 0.268 e. The minimum atomic E-state index is -0.669. The fraction of sp³-hybridized carbons (Fsp3) is 0.136. The van der Waals surface area contributed by atoms with Gasteiger partial charge in [0.15, 0.2) is 6.10 Å². The molecule has 6 nitrogen and oxygen atoms in total. The summed E-state index contributed by atoms with van der Waals surface area (Å²) in [5, 5.41) is 8.82. The van der Waals surface area contributed by atoms with Crippen molar-refractivity contribution in [2.45, 2.75) is 13.0 Å². The first-order chi connectivity index (χ1) is 13.6. The van der Waals surface area contributed by atoms with Crippen LogP contribution in [0.15, 0.2) is 72.9 Å². The SMILES string of the molecule is CC(Oc1ccc(Oc2ccc(C#N)cc2)cc1)C(=O)N(C)c1ccccn1. The average molecular weight is 373 g/mol. The predicted molar refractivity (Wildman–Crippen MR) is 105 cm³/mol. The number of aromatic nitrogens is 1. The quantitative estimate of drug-likeness (QED) is 0.648. The molecule has 1 atom stereocenters. The topological polar surface area (TPSA) is 75.5 Å². The lowest BCUT2D eigenvalue weighted by Crippen LogP contribution is -2.38. The van der Waals surface area contributed by atoms with Gasteiger partial charge in [-0.25, -0.2) is 4.98 Å². The molecule has 0 saturated carbocycles. The second-order valence-electron chi connectivity index (χ2n) is 6.05. The number of benzene rings is 2. The number of hydrogen-bond acceptors (Lipinski definition) is 5. The third-order valence-corrected chi connectivity index (χ3v) is 4.03. The Morgan fingerprint density at radius 1 is 1.00 bits per heavy atom. The van der Waals surface area contributed by atoms with Crippen LogP contribution in [0, 0.1) is 11.3 Å². The molecule has 2 aromatic carbocycles. The van der Waals surface area contributed by atoms with Gasteiger partial charge in [-0.2, -0.15) is 5.26 Å². The summed E-state index contributed by atoms with van der Waals surface area (Å²) in [5.74, 6) is 2.18. The van der Waals surface area contributed by atoms with Crippen molar-refractivity contribution in [3.8, 4) is 23.3 Å². The van der Waals surface area contributed by atoms with Gasteiger partial charge >= 0.3 is 0 Å². The number of carbonyl (C=O) groups is 1. The zero-order chi connectivity index (χ0) is 19.9. The van der Waals surface area contributed by atoms with Gasteiger partial charge in [0.2, 0.25) is 0 Å². The summed E-state index contributed by atoms with van der Waals surface area (Å²) in [5.41, 5.74) is 0.574. The largest absolute Gasteiger partial charge is 0.481 e. The van der Waals surface area contributed by atoms with E-state index < -0.39 is 6.10 Å². The smallest absolute Gasteiger partial charge is 0.268 e. The van der Waals surface area contributed by atoms with Crippen LogP contribution >= 0.6 is 0 Å².